The van der Waals surface area contributed by atoms with Gasteiger partial charge in [0.1, 0.15) is 11.4 Å². The van der Waals surface area contributed by atoms with Crippen LogP contribution >= 0.6 is 0 Å². The van der Waals surface area contributed by atoms with Crippen molar-refractivity contribution in [3.63, 3.8) is 0 Å². The second-order valence-electron chi connectivity index (χ2n) is 4.18. The number of halogens is 3. The molecule has 1 saturated carbocycles. The highest BCUT2D eigenvalue weighted by Crippen LogP contribution is 2.49. The predicted molar refractivity (Wildman–Crippen MR) is 59.3 cm³/mol. The van der Waals surface area contributed by atoms with Crippen molar-refractivity contribution >= 4 is 11.7 Å². The first-order chi connectivity index (χ1) is 8.39. The minimum atomic E-state index is -4.41. The Morgan fingerprint density at radius 2 is 2.11 bits per heavy atom. The third-order valence-corrected chi connectivity index (χ3v) is 2.93. The van der Waals surface area contributed by atoms with Crippen LogP contribution in [0, 0.1) is 0 Å². The van der Waals surface area contributed by atoms with E-state index in [0.29, 0.717) is 0 Å². The summed E-state index contributed by atoms with van der Waals surface area (Å²) in [7, 11) is 1.55. The first-order valence-corrected chi connectivity index (χ1v) is 5.42. The summed E-state index contributed by atoms with van der Waals surface area (Å²) in [6.45, 7) is 0. The molecule has 2 N–H and O–H groups in total. The van der Waals surface area contributed by atoms with Crippen molar-refractivity contribution in [1.29, 1.82) is 0 Å². The summed E-state index contributed by atoms with van der Waals surface area (Å²) in [5.41, 5.74) is -1.94. The molecule has 0 saturated heterocycles. The highest BCUT2D eigenvalue weighted by molar-refractivity contribution is 5.99. The molecule has 0 radical (unpaired) electrons. The van der Waals surface area contributed by atoms with Crippen LogP contribution < -0.4 is 10.6 Å². The molecule has 0 atom stereocenters. The summed E-state index contributed by atoms with van der Waals surface area (Å²) >= 11 is 0. The highest BCUT2D eigenvalue weighted by Gasteiger charge is 2.64. The molecular formula is C11H12F3N3O. The lowest BCUT2D eigenvalue weighted by molar-refractivity contribution is -0.163. The Balaban J connectivity index is 2.19. The van der Waals surface area contributed by atoms with Crippen molar-refractivity contribution in [2.75, 3.05) is 12.4 Å². The van der Waals surface area contributed by atoms with Crippen molar-refractivity contribution < 1.29 is 18.0 Å². The Kier molecular flexibility index (Phi) is 2.92. The van der Waals surface area contributed by atoms with Gasteiger partial charge in [-0.1, -0.05) is 0 Å². The number of pyridine rings is 1. The van der Waals surface area contributed by atoms with E-state index in [0.717, 1.165) is 0 Å². The number of nitrogens with zero attached hydrogens (tertiary/aromatic N) is 1. The summed E-state index contributed by atoms with van der Waals surface area (Å²) in [4.78, 5) is 15.7. The highest BCUT2D eigenvalue weighted by atomic mass is 19.4. The molecule has 7 heteroatoms. The Bertz CT molecular complexity index is 469. The van der Waals surface area contributed by atoms with Crippen molar-refractivity contribution in [2.24, 2.45) is 0 Å². The molecule has 1 aliphatic rings. The topological polar surface area (TPSA) is 54.0 Å². The largest absolute Gasteiger partial charge is 0.411 e. The van der Waals surface area contributed by atoms with Gasteiger partial charge < -0.3 is 10.6 Å². The first-order valence-electron chi connectivity index (χ1n) is 5.42. The fourth-order valence-corrected chi connectivity index (χ4v) is 1.68. The summed E-state index contributed by atoms with van der Waals surface area (Å²) < 4.78 is 38.1. The normalized spacial score (nSPS) is 17.1. The zero-order chi connectivity index (χ0) is 13.4. The first kappa shape index (κ1) is 12.7. The van der Waals surface area contributed by atoms with Gasteiger partial charge in [-0.15, -0.1) is 0 Å². The molecule has 4 nitrogen and oxygen atoms in total. The van der Waals surface area contributed by atoms with Crippen LogP contribution in [0.5, 0.6) is 0 Å². The van der Waals surface area contributed by atoms with Crippen LogP contribution in [0.15, 0.2) is 18.3 Å². The molecule has 2 rings (SSSR count). The smallest absolute Gasteiger partial charge is 0.372 e. The molecule has 1 heterocycles. The van der Waals surface area contributed by atoms with Gasteiger partial charge in [-0.25, -0.2) is 4.98 Å². The number of hydrogen-bond acceptors (Lipinski definition) is 3. The number of alkyl halides is 3. The fraction of sp³-hybridized carbons (Fsp3) is 0.455. The lowest BCUT2D eigenvalue weighted by atomic mass is 10.2. The van der Waals surface area contributed by atoms with Crippen LogP contribution in [0.25, 0.3) is 0 Å². The van der Waals surface area contributed by atoms with E-state index in [1.807, 2.05) is 0 Å². The average Bonchev–Trinajstić information content (AvgIpc) is 3.09. The Morgan fingerprint density at radius 3 is 2.61 bits per heavy atom. The summed E-state index contributed by atoms with van der Waals surface area (Å²) in [6.07, 6.45) is -3.10. The van der Waals surface area contributed by atoms with Crippen LogP contribution in [0.2, 0.25) is 0 Å². The average molecular weight is 259 g/mol. The van der Waals surface area contributed by atoms with E-state index >= 15 is 0 Å². The SMILES string of the molecule is CNc1ncccc1C(=O)NC1(C(F)(F)F)CC1. The molecule has 1 amide bonds. The molecule has 0 unspecified atom stereocenters. The molecular weight excluding hydrogens is 247 g/mol. The van der Waals surface area contributed by atoms with Gasteiger partial charge in [0.15, 0.2) is 0 Å². The Hall–Kier alpha value is -1.79. The zero-order valence-electron chi connectivity index (χ0n) is 9.64. The summed E-state index contributed by atoms with van der Waals surface area (Å²) in [5, 5.41) is 4.72. The summed E-state index contributed by atoms with van der Waals surface area (Å²) in [5.74, 6) is -0.504. The number of amides is 1. The van der Waals surface area contributed by atoms with Gasteiger partial charge in [-0.3, -0.25) is 4.79 Å². The van der Waals surface area contributed by atoms with E-state index < -0.39 is 17.6 Å². The van der Waals surface area contributed by atoms with Crippen LogP contribution in [-0.2, 0) is 0 Å². The third-order valence-electron chi connectivity index (χ3n) is 2.93. The van der Waals surface area contributed by atoms with Crippen molar-refractivity contribution in [3.8, 4) is 0 Å². The van der Waals surface area contributed by atoms with Crippen LogP contribution in [-0.4, -0.2) is 29.7 Å². The fourth-order valence-electron chi connectivity index (χ4n) is 1.68. The summed E-state index contributed by atoms with van der Waals surface area (Å²) in [6, 6.07) is 2.93. The van der Waals surface area contributed by atoms with Gasteiger partial charge in [-0.05, 0) is 25.0 Å². The van der Waals surface area contributed by atoms with E-state index in [9.17, 15) is 18.0 Å². The molecule has 0 aromatic carbocycles. The maximum Gasteiger partial charge on any atom is 0.411 e. The number of aromatic nitrogens is 1. The van der Waals surface area contributed by atoms with Gasteiger partial charge in [0, 0.05) is 13.2 Å². The lowest BCUT2D eigenvalue weighted by Crippen LogP contribution is -2.48. The molecule has 0 spiro atoms. The van der Waals surface area contributed by atoms with E-state index in [1.165, 1.54) is 18.3 Å². The van der Waals surface area contributed by atoms with E-state index in [2.05, 4.69) is 15.6 Å². The van der Waals surface area contributed by atoms with Gasteiger partial charge in [0.2, 0.25) is 0 Å². The lowest BCUT2D eigenvalue weighted by Gasteiger charge is -2.21. The second-order valence-corrected chi connectivity index (χ2v) is 4.18. The number of rotatable bonds is 3. The Labute approximate surface area is 102 Å². The second kappa shape index (κ2) is 4.15. The molecule has 1 aromatic rings. The van der Waals surface area contributed by atoms with E-state index in [1.54, 1.807) is 7.05 Å². The van der Waals surface area contributed by atoms with Gasteiger partial charge in [-0.2, -0.15) is 13.2 Å². The minimum Gasteiger partial charge on any atom is -0.372 e. The van der Waals surface area contributed by atoms with Crippen LogP contribution in [0.4, 0.5) is 19.0 Å². The van der Waals surface area contributed by atoms with Crippen LogP contribution in [0.1, 0.15) is 23.2 Å². The maximum atomic E-state index is 12.7. The van der Waals surface area contributed by atoms with Gasteiger partial charge >= 0.3 is 6.18 Å². The number of carbonyl (C=O) groups excluding carboxylic acids is 1. The van der Waals surface area contributed by atoms with Crippen molar-refractivity contribution in [2.45, 2.75) is 24.6 Å². The maximum absolute atomic E-state index is 12.7. The number of nitrogens with one attached hydrogen (secondary N) is 2. The quantitative estimate of drug-likeness (QED) is 0.872. The van der Waals surface area contributed by atoms with Crippen LogP contribution in [0.3, 0.4) is 0 Å². The molecule has 0 bridgehead atoms. The third kappa shape index (κ3) is 2.12. The zero-order valence-corrected chi connectivity index (χ0v) is 9.64. The standard InChI is InChI=1S/C11H12F3N3O/c1-15-8-7(3-2-6-16-8)9(18)17-10(4-5-10)11(12,13)14/h2-3,6H,4-5H2,1H3,(H,15,16)(H,17,18). The minimum absolute atomic E-state index is 0.0720. The molecule has 1 aliphatic carbocycles. The van der Waals surface area contributed by atoms with E-state index in [4.69, 9.17) is 0 Å². The Morgan fingerprint density at radius 1 is 1.44 bits per heavy atom. The number of anilines is 1. The molecule has 18 heavy (non-hydrogen) atoms. The molecule has 98 valence electrons. The van der Waals surface area contributed by atoms with Gasteiger partial charge in [0.05, 0.1) is 5.56 Å². The predicted octanol–water partition coefficient (Wildman–Crippen LogP) is 1.95. The number of hydrogen-bond donors (Lipinski definition) is 2. The van der Waals surface area contributed by atoms with Crippen molar-refractivity contribution in [3.05, 3.63) is 23.9 Å². The molecule has 1 aromatic heterocycles. The van der Waals surface area contributed by atoms with Crippen molar-refractivity contribution in [1.82, 2.24) is 10.3 Å². The number of carbonyl (C=O) groups is 1. The molecule has 1 fully saturated rings. The van der Waals surface area contributed by atoms with E-state index in [-0.39, 0.29) is 24.2 Å². The monoisotopic (exact) mass is 259 g/mol. The molecule has 0 aliphatic heterocycles. The van der Waals surface area contributed by atoms with Gasteiger partial charge in [0.25, 0.3) is 5.91 Å².